The summed E-state index contributed by atoms with van der Waals surface area (Å²) in [5.41, 5.74) is 1.67. The van der Waals surface area contributed by atoms with Crippen LogP contribution < -0.4 is 0 Å². The summed E-state index contributed by atoms with van der Waals surface area (Å²) in [5, 5.41) is 7.99. The van der Waals surface area contributed by atoms with E-state index in [0.717, 1.165) is 29.0 Å². The smallest absolute Gasteiger partial charge is 0.262 e. The number of carbonyl (C=O) groups is 2. The second-order valence-electron chi connectivity index (χ2n) is 7.00. The summed E-state index contributed by atoms with van der Waals surface area (Å²) in [7, 11) is 1.66. The molecule has 0 N–H and O–H groups in total. The van der Waals surface area contributed by atoms with Gasteiger partial charge in [0.25, 0.3) is 5.91 Å². The molecule has 1 aromatic heterocycles. The molecule has 0 saturated heterocycles. The number of carbonyl (C=O) groups excluding carboxylic acids is 2. The Morgan fingerprint density at radius 2 is 2.00 bits per heavy atom. The number of nitrogens with zero attached hydrogens (tertiary/aromatic N) is 3. The summed E-state index contributed by atoms with van der Waals surface area (Å²) in [6.07, 6.45) is 2.37. The van der Waals surface area contributed by atoms with Gasteiger partial charge in [-0.2, -0.15) is 5.10 Å². The maximum Gasteiger partial charge on any atom is 0.262 e. The molecule has 2 aliphatic rings. The lowest BCUT2D eigenvalue weighted by Crippen LogP contribution is -2.39. The van der Waals surface area contributed by atoms with Crippen LogP contribution in [0.15, 0.2) is 46.9 Å². The Morgan fingerprint density at radius 1 is 1.26 bits per heavy atom. The molecule has 1 saturated carbocycles. The third kappa shape index (κ3) is 3.78. The molecule has 0 radical (unpaired) electrons. The Bertz CT molecular complexity index is 875. The summed E-state index contributed by atoms with van der Waals surface area (Å²) in [6.45, 7) is -0.00571. The SMILES string of the molecule is CN(CC(=O)N1N=C(c2cccs2)C[C@@H]1c1ccc(F)cc1)C(=O)C1CC1. The monoisotopic (exact) mass is 385 g/mol. The molecule has 1 fully saturated rings. The Labute approximate surface area is 161 Å². The van der Waals surface area contributed by atoms with Gasteiger partial charge in [0.1, 0.15) is 12.4 Å². The Kier molecular flexibility index (Phi) is 4.78. The normalized spacial score (nSPS) is 19.1. The van der Waals surface area contributed by atoms with E-state index >= 15 is 0 Å². The molecule has 1 aliphatic carbocycles. The molecule has 0 bridgehead atoms. The van der Waals surface area contributed by atoms with E-state index in [2.05, 4.69) is 5.10 Å². The first-order chi connectivity index (χ1) is 13.0. The molecule has 140 valence electrons. The number of hydrogen-bond acceptors (Lipinski definition) is 4. The molecule has 1 aromatic carbocycles. The molecule has 1 atom stereocenters. The van der Waals surface area contributed by atoms with E-state index in [0.29, 0.717) is 6.42 Å². The van der Waals surface area contributed by atoms with Crippen LogP contribution in [-0.2, 0) is 9.59 Å². The molecule has 7 heteroatoms. The maximum atomic E-state index is 13.3. The van der Waals surface area contributed by atoms with Gasteiger partial charge in [-0.3, -0.25) is 9.59 Å². The van der Waals surface area contributed by atoms with Crippen LogP contribution in [0.3, 0.4) is 0 Å². The fourth-order valence-electron chi connectivity index (χ4n) is 3.27. The molecule has 1 aliphatic heterocycles. The quantitative estimate of drug-likeness (QED) is 0.792. The topological polar surface area (TPSA) is 53.0 Å². The largest absolute Gasteiger partial charge is 0.336 e. The van der Waals surface area contributed by atoms with E-state index in [4.69, 9.17) is 0 Å². The minimum atomic E-state index is -0.316. The zero-order chi connectivity index (χ0) is 19.0. The molecule has 4 rings (SSSR count). The summed E-state index contributed by atoms with van der Waals surface area (Å²) >= 11 is 1.57. The van der Waals surface area contributed by atoms with Crippen molar-refractivity contribution in [2.45, 2.75) is 25.3 Å². The summed E-state index contributed by atoms with van der Waals surface area (Å²) in [6, 6.07) is 9.79. The number of hydrazone groups is 1. The Hall–Kier alpha value is -2.54. The van der Waals surface area contributed by atoms with Crippen LogP contribution in [0.4, 0.5) is 4.39 Å². The van der Waals surface area contributed by atoms with Crippen LogP contribution in [-0.4, -0.2) is 41.0 Å². The average molecular weight is 385 g/mol. The molecular weight excluding hydrogens is 365 g/mol. The summed E-state index contributed by atoms with van der Waals surface area (Å²) < 4.78 is 13.3. The molecule has 2 aromatic rings. The first-order valence-electron chi connectivity index (χ1n) is 8.97. The fourth-order valence-corrected chi connectivity index (χ4v) is 3.99. The highest BCUT2D eigenvalue weighted by Crippen LogP contribution is 2.34. The van der Waals surface area contributed by atoms with E-state index in [1.807, 2.05) is 17.5 Å². The lowest BCUT2D eigenvalue weighted by Gasteiger charge is -2.25. The summed E-state index contributed by atoms with van der Waals surface area (Å²) in [5.74, 6) is -0.459. The molecule has 5 nitrogen and oxygen atoms in total. The Balaban J connectivity index is 1.57. The highest BCUT2D eigenvalue weighted by atomic mass is 32.1. The van der Waals surface area contributed by atoms with Crippen LogP contribution in [0, 0.1) is 11.7 Å². The van der Waals surface area contributed by atoms with Crippen LogP contribution in [0.1, 0.15) is 35.7 Å². The second-order valence-corrected chi connectivity index (χ2v) is 7.95. The highest BCUT2D eigenvalue weighted by molar-refractivity contribution is 7.12. The fraction of sp³-hybridized carbons (Fsp3) is 0.350. The number of amides is 2. The number of thiophene rings is 1. The van der Waals surface area contributed by atoms with E-state index in [1.165, 1.54) is 22.0 Å². The molecule has 27 heavy (non-hydrogen) atoms. The minimum Gasteiger partial charge on any atom is -0.336 e. The zero-order valence-corrected chi connectivity index (χ0v) is 15.8. The number of likely N-dealkylation sites (N-methyl/N-ethyl adjacent to an activating group) is 1. The minimum absolute atomic E-state index is 0.00571. The third-order valence-electron chi connectivity index (χ3n) is 4.90. The predicted molar refractivity (Wildman–Crippen MR) is 102 cm³/mol. The molecular formula is C20H20FN3O2S. The van der Waals surface area contributed by atoms with E-state index < -0.39 is 0 Å². The molecule has 2 amide bonds. The van der Waals surface area contributed by atoms with Crippen molar-refractivity contribution in [3.05, 3.63) is 58.0 Å². The van der Waals surface area contributed by atoms with Gasteiger partial charge in [-0.15, -0.1) is 11.3 Å². The van der Waals surface area contributed by atoms with Crippen molar-refractivity contribution in [1.82, 2.24) is 9.91 Å². The number of hydrogen-bond donors (Lipinski definition) is 0. The van der Waals surface area contributed by atoms with Crippen LogP contribution >= 0.6 is 11.3 Å². The molecule has 2 heterocycles. The van der Waals surface area contributed by atoms with Crippen molar-refractivity contribution in [2.24, 2.45) is 11.0 Å². The van der Waals surface area contributed by atoms with Crippen molar-refractivity contribution >= 4 is 28.9 Å². The zero-order valence-electron chi connectivity index (χ0n) is 15.0. The van der Waals surface area contributed by atoms with E-state index in [-0.39, 0.29) is 36.1 Å². The standard InChI is InChI=1S/C20H20FN3O2S/c1-23(20(26)14-4-5-14)12-19(25)24-17(13-6-8-15(21)9-7-13)11-16(22-24)18-3-2-10-27-18/h2-3,6-10,14,17H,4-5,11-12H2,1H3/t17-/m1/s1. The maximum absolute atomic E-state index is 13.3. The van der Waals surface area contributed by atoms with Crippen molar-refractivity contribution in [3.63, 3.8) is 0 Å². The van der Waals surface area contributed by atoms with Gasteiger partial charge in [-0.25, -0.2) is 9.40 Å². The van der Waals surface area contributed by atoms with Gasteiger partial charge in [0.15, 0.2) is 0 Å². The Morgan fingerprint density at radius 3 is 2.63 bits per heavy atom. The van der Waals surface area contributed by atoms with Crippen LogP contribution in [0.25, 0.3) is 0 Å². The second kappa shape index (κ2) is 7.23. The van der Waals surface area contributed by atoms with Crippen molar-refractivity contribution in [3.8, 4) is 0 Å². The van der Waals surface area contributed by atoms with Crippen LogP contribution in [0.2, 0.25) is 0 Å². The molecule has 0 unspecified atom stereocenters. The van der Waals surface area contributed by atoms with Crippen molar-refractivity contribution < 1.29 is 14.0 Å². The van der Waals surface area contributed by atoms with Gasteiger partial charge in [0.05, 0.1) is 16.6 Å². The van der Waals surface area contributed by atoms with Gasteiger partial charge >= 0.3 is 0 Å². The number of benzene rings is 1. The molecule has 0 spiro atoms. The number of halogens is 1. The predicted octanol–water partition coefficient (Wildman–Crippen LogP) is 3.43. The lowest BCUT2D eigenvalue weighted by molar-refractivity contribution is -0.141. The lowest BCUT2D eigenvalue weighted by atomic mass is 10.0. The first kappa shape index (κ1) is 17.9. The van der Waals surface area contributed by atoms with Crippen molar-refractivity contribution in [1.29, 1.82) is 0 Å². The van der Waals surface area contributed by atoms with Gasteiger partial charge in [0.2, 0.25) is 5.91 Å². The van der Waals surface area contributed by atoms with E-state index in [9.17, 15) is 14.0 Å². The van der Waals surface area contributed by atoms with Gasteiger partial charge in [0, 0.05) is 19.4 Å². The number of rotatable bonds is 5. The summed E-state index contributed by atoms with van der Waals surface area (Å²) in [4.78, 5) is 27.6. The van der Waals surface area contributed by atoms with E-state index in [1.54, 1.807) is 30.5 Å². The highest BCUT2D eigenvalue weighted by Gasteiger charge is 2.36. The average Bonchev–Trinajstić information content (AvgIpc) is 3.18. The van der Waals surface area contributed by atoms with Crippen molar-refractivity contribution in [2.75, 3.05) is 13.6 Å². The van der Waals surface area contributed by atoms with Crippen LogP contribution in [0.5, 0.6) is 0 Å². The third-order valence-corrected chi connectivity index (χ3v) is 5.82. The first-order valence-corrected chi connectivity index (χ1v) is 9.85. The van der Waals surface area contributed by atoms with Gasteiger partial charge in [-0.05, 0) is 42.0 Å². The van der Waals surface area contributed by atoms with Gasteiger partial charge < -0.3 is 4.90 Å². The van der Waals surface area contributed by atoms with Gasteiger partial charge in [-0.1, -0.05) is 18.2 Å².